The second-order valence-electron chi connectivity index (χ2n) is 6.09. The topological polar surface area (TPSA) is 106 Å². The van der Waals surface area contributed by atoms with E-state index in [-0.39, 0.29) is 12.5 Å². The highest BCUT2D eigenvalue weighted by atomic mass is 16.3. The molecule has 130 valence electrons. The lowest BCUT2D eigenvalue weighted by Gasteiger charge is -2.23. The van der Waals surface area contributed by atoms with Crippen molar-refractivity contribution in [3.8, 4) is 5.69 Å². The molecule has 0 aliphatic heterocycles. The summed E-state index contributed by atoms with van der Waals surface area (Å²) in [6.07, 6.45) is 1.45. The van der Waals surface area contributed by atoms with Crippen LogP contribution in [0, 0.1) is 13.8 Å². The molecule has 0 aliphatic carbocycles. The summed E-state index contributed by atoms with van der Waals surface area (Å²) in [5, 5.41) is 24.4. The van der Waals surface area contributed by atoms with Crippen LogP contribution in [-0.2, 0) is 5.60 Å². The predicted octanol–water partition coefficient (Wildman–Crippen LogP) is 1.51. The Morgan fingerprint density at radius 1 is 1.36 bits per heavy atom. The van der Waals surface area contributed by atoms with Crippen molar-refractivity contribution in [1.29, 1.82) is 0 Å². The number of nitrogens with one attached hydrogen (secondary N) is 1. The molecule has 0 saturated carbocycles. The van der Waals surface area contributed by atoms with Gasteiger partial charge in [0.25, 0.3) is 5.91 Å². The third-order valence-electron chi connectivity index (χ3n) is 3.94. The number of furan rings is 1. The first kappa shape index (κ1) is 16.8. The molecule has 0 unspecified atom stereocenters. The van der Waals surface area contributed by atoms with Crippen LogP contribution in [0.15, 0.2) is 41.1 Å². The maximum absolute atomic E-state index is 12.4. The summed E-state index contributed by atoms with van der Waals surface area (Å²) in [6.45, 7) is 5.30. The van der Waals surface area contributed by atoms with Gasteiger partial charge in [0, 0.05) is 11.1 Å². The Kier molecular flexibility index (Phi) is 4.37. The van der Waals surface area contributed by atoms with E-state index < -0.39 is 5.60 Å². The molecule has 1 atom stereocenters. The summed E-state index contributed by atoms with van der Waals surface area (Å²) in [4.78, 5) is 12.4. The Bertz CT molecular complexity index is 884. The van der Waals surface area contributed by atoms with Gasteiger partial charge in [-0.1, -0.05) is 6.07 Å². The van der Waals surface area contributed by atoms with E-state index in [1.165, 1.54) is 11.0 Å². The van der Waals surface area contributed by atoms with Crippen LogP contribution in [0.3, 0.4) is 0 Å². The van der Waals surface area contributed by atoms with Crippen LogP contribution < -0.4 is 5.32 Å². The van der Waals surface area contributed by atoms with Crippen molar-refractivity contribution < 1.29 is 14.3 Å². The number of nitrogens with zero attached hydrogens (tertiary/aromatic N) is 4. The lowest BCUT2D eigenvalue weighted by Crippen LogP contribution is -2.38. The van der Waals surface area contributed by atoms with E-state index in [4.69, 9.17) is 4.42 Å². The van der Waals surface area contributed by atoms with Crippen LogP contribution in [0.1, 0.15) is 34.4 Å². The third kappa shape index (κ3) is 3.58. The fourth-order valence-corrected chi connectivity index (χ4v) is 2.68. The van der Waals surface area contributed by atoms with Gasteiger partial charge in [-0.05, 0) is 55.5 Å². The average Bonchev–Trinajstić information content (AvgIpc) is 3.22. The zero-order valence-electron chi connectivity index (χ0n) is 14.2. The van der Waals surface area contributed by atoms with E-state index >= 15 is 0 Å². The minimum absolute atomic E-state index is 0.0563. The van der Waals surface area contributed by atoms with Crippen molar-refractivity contribution in [2.24, 2.45) is 0 Å². The number of aliphatic hydroxyl groups is 1. The number of rotatable bonds is 5. The molecule has 0 spiro atoms. The molecule has 2 N–H and O–H groups in total. The van der Waals surface area contributed by atoms with E-state index in [9.17, 15) is 9.90 Å². The van der Waals surface area contributed by atoms with Crippen molar-refractivity contribution >= 4 is 5.91 Å². The monoisotopic (exact) mass is 341 g/mol. The normalized spacial score (nSPS) is 13.4. The van der Waals surface area contributed by atoms with Crippen molar-refractivity contribution in [1.82, 2.24) is 25.5 Å². The number of carbonyl (C=O) groups is 1. The van der Waals surface area contributed by atoms with E-state index in [1.807, 2.05) is 6.92 Å². The molecule has 0 aliphatic rings. The SMILES string of the molecule is Cc1cc([C@](C)(O)CNC(=O)c2cccc(-n3cnnn3)c2)c(C)o1. The first-order valence-electron chi connectivity index (χ1n) is 7.78. The lowest BCUT2D eigenvalue weighted by molar-refractivity contribution is 0.0514. The Balaban J connectivity index is 1.72. The zero-order chi connectivity index (χ0) is 18.0. The number of benzene rings is 1. The quantitative estimate of drug-likeness (QED) is 0.728. The van der Waals surface area contributed by atoms with Crippen LogP contribution >= 0.6 is 0 Å². The van der Waals surface area contributed by atoms with Crippen molar-refractivity contribution in [3.63, 3.8) is 0 Å². The molecule has 3 aromatic rings. The average molecular weight is 341 g/mol. The van der Waals surface area contributed by atoms with Crippen LogP contribution in [0.2, 0.25) is 0 Å². The maximum atomic E-state index is 12.4. The van der Waals surface area contributed by atoms with Crippen LogP contribution in [0.25, 0.3) is 5.69 Å². The van der Waals surface area contributed by atoms with Gasteiger partial charge >= 0.3 is 0 Å². The second-order valence-corrected chi connectivity index (χ2v) is 6.09. The molecule has 2 heterocycles. The molecule has 0 bridgehead atoms. The number of amides is 1. The van der Waals surface area contributed by atoms with Crippen LogP contribution in [0.5, 0.6) is 0 Å². The number of hydrogen-bond acceptors (Lipinski definition) is 6. The van der Waals surface area contributed by atoms with E-state index in [0.717, 1.165) is 0 Å². The van der Waals surface area contributed by atoms with Gasteiger partial charge in [-0.25, -0.2) is 4.68 Å². The van der Waals surface area contributed by atoms with Gasteiger partial charge < -0.3 is 14.8 Å². The fraction of sp³-hybridized carbons (Fsp3) is 0.294. The molecule has 8 heteroatoms. The van der Waals surface area contributed by atoms with Crippen molar-refractivity contribution in [2.45, 2.75) is 26.4 Å². The fourth-order valence-electron chi connectivity index (χ4n) is 2.68. The molecule has 8 nitrogen and oxygen atoms in total. The van der Waals surface area contributed by atoms with Gasteiger partial charge in [0.05, 0.1) is 12.2 Å². The molecule has 0 fully saturated rings. The number of aromatic nitrogens is 4. The molecule has 25 heavy (non-hydrogen) atoms. The molecule has 2 aromatic heterocycles. The molecular formula is C17H19N5O3. The second kappa shape index (κ2) is 6.48. The Hall–Kier alpha value is -3.00. The lowest BCUT2D eigenvalue weighted by atomic mass is 9.96. The number of aryl methyl sites for hydroxylation is 2. The van der Waals surface area contributed by atoms with Gasteiger partial charge in [-0.2, -0.15) is 0 Å². The zero-order valence-corrected chi connectivity index (χ0v) is 14.2. The Labute approximate surface area is 144 Å². The van der Waals surface area contributed by atoms with Crippen LogP contribution in [0.4, 0.5) is 0 Å². The maximum Gasteiger partial charge on any atom is 0.251 e. The van der Waals surface area contributed by atoms with E-state index in [2.05, 4.69) is 20.8 Å². The minimum Gasteiger partial charge on any atom is -0.466 e. The van der Waals surface area contributed by atoms with E-state index in [0.29, 0.717) is 28.3 Å². The summed E-state index contributed by atoms with van der Waals surface area (Å²) in [5.41, 5.74) is 0.549. The molecule has 1 amide bonds. The highest BCUT2D eigenvalue weighted by Crippen LogP contribution is 2.26. The Morgan fingerprint density at radius 2 is 2.16 bits per heavy atom. The first-order valence-corrected chi connectivity index (χ1v) is 7.78. The molecular weight excluding hydrogens is 322 g/mol. The minimum atomic E-state index is -1.23. The van der Waals surface area contributed by atoms with Crippen molar-refractivity contribution in [2.75, 3.05) is 6.54 Å². The smallest absolute Gasteiger partial charge is 0.251 e. The summed E-state index contributed by atoms with van der Waals surface area (Å²) in [7, 11) is 0. The summed E-state index contributed by atoms with van der Waals surface area (Å²) < 4.78 is 6.92. The van der Waals surface area contributed by atoms with Gasteiger partial charge in [-0.15, -0.1) is 5.10 Å². The largest absolute Gasteiger partial charge is 0.466 e. The van der Waals surface area contributed by atoms with Gasteiger partial charge in [0.15, 0.2) is 0 Å². The number of hydrogen-bond donors (Lipinski definition) is 2. The predicted molar refractivity (Wildman–Crippen MR) is 89.2 cm³/mol. The third-order valence-corrected chi connectivity index (χ3v) is 3.94. The van der Waals surface area contributed by atoms with Gasteiger partial charge in [0.1, 0.15) is 23.4 Å². The van der Waals surface area contributed by atoms with E-state index in [1.54, 1.807) is 44.2 Å². The Morgan fingerprint density at radius 3 is 2.80 bits per heavy atom. The van der Waals surface area contributed by atoms with Gasteiger partial charge in [0.2, 0.25) is 0 Å². The summed E-state index contributed by atoms with van der Waals surface area (Å²) in [5.74, 6) is 1.05. The van der Waals surface area contributed by atoms with Crippen molar-refractivity contribution in [3.05, 3.63) is 59.3 Å². The molecule has 0 radical (unpaired) electrons. The highest BCUT2D eigenvalue weighted by Gasteiger charge is 2.28. The van der Waals surface area contributed by atoms with Gasteiger partial charge in [-0.3, -0.25) is 4.79 Å². The standard InChI is InChI=1S/C17H19N5O3/c1-11-7-15(12(2)25-11)17(3,24)9-18-16(23)13-5-4-6-14(8-13)22-10-19-20-21-22/h4-8,10,24H,9H2,1-3H3,(H,18,23)/t17-/m1/s1. The van der Waals surface area contributed by atoms with Crippen LogP contribution in [-0.4, -0.2) is 37.8 Å². The summed E-state index contributed by atoms with van der Waals surface area (Å²) >= 11 is 0. The molecule has 0 saturated heterocycles. The number of tetrazole rings is 1. The first-order chi connectivity index (χ1) is 11.9. The molecule has 1 aromatic carbocycles. The summed E-state index contributed by atoms with van der Waals surface area (Å²) in [6, 6.07) is 8.67. The number of carbonyl (C=O) groups excluding carboxylic acids is 1. The highest BCUT2D eigenvalue weighted by molar-refractivity contribution is 5.94. The molecule has 3 rings (SSSR count).